The van der Waals surface area contributed by atoms with E-state index in [0.29, 0.717) is 0 Å². The summed E-state index contributed by atoms with van der Waals surface area (Å²) in [4.78, 5) is 51.6. The maximum absolute atomic E-state index is 11.7. The molecule has 138 valence electrons. The molecule has 2 amide bonds. The summed E-state index contributed by atoms with van der Waals surface area (Å²) in [6, 6.07) is 0. The molecule has 0 saturated carbocycles. The van der Waals surface area contributed by atoms with Crippen LogP contribution in [0.15, 0.2) is 22.2 Å². The number of carbonyl (C=O) groups excluding carboxylic acids is 2. The Bertz CT molecular complexity index is 1400. The average molecular weight is 377 g/mol. The lowest BCUT2D eigenvalue weighted by molar-refractivity contribution is 0.0989. The van der Waals surface area contributed by atoms with Gasteiger partial charge in [-0.25, -0.2) is 33.5 Å². The van der Waals surface area contributed by atoms with Gasteiger partial charge in [-0.3, -0.25) is 9.59 Å². The molecule has 0 unspecified atom stereocenters. The monoisotopic (exact) mass is 377 g/mol. The molecule has 0 aliphatic heterocycles. The molecule has 0 saturated heterocycles. The highest BCUT2D eigenvalue weighted by Gasteiger charge is 2.14. The summed E-state index contributed by atoms with van der Waals surface area (Å²) in [5.41, 5.74) is 8.04. The number of hydrogen-bond acceptors (Lipinski definition) is 10. The fourth-order valence-electron chi connectivity index (χ4n) is 1.91. The van der Waals surface area contributed by atoms with Crippen LogP contribution in [0.3, 0.4) is 0 Å². The molecule has 0 aromatic carbocycles. The average Bonchev–Trinajstić information content (AvgIpc) is 3.26. The number of aryl methyl sites for hydroxylation is 1. The van der Waals surface area contributed by atoms with Crippen LogP contribution >= 0.6 is 0 Å². The minimum Gasteiger partial charge on any atom is -0.364 e. The Morgan fingerprint density at radius 3 is 2.22 bits per heavy atom. The third-order valence-electron chi connectivity index (χ3n) is 3.08. The molecule has 27 heavy (non-hydrogen) atoms. The number of nitrogens with zero attached hydrogens (tertiary/aromatic N) is 9. The van der Waals surface area contributed by atoms with Gasteiger partial charge in [-0.15, -0.1) is 10.2 Å². The van der Waals surface area contributed by atoms with E-state index in [1.54, 1.807) is 0 Å². The lowest BCUT2D eigenvalue weighted by Gasteiger charge is -1.95. The second kappa shape index (κ2) is 6.43. The Kier molecular flexibility index (Phi) is 3.27. The summed E-state index contributed by atoms with van der Waals surface area (Å²) in [6.45, 7) is -2.75. The fourth-order valence-corrected chi connectivity index (χ4v) is 1.91. The molecule has 0 atom stereocenters. The molecule has 16 heteroatoms. The second-order valence-corrected chi connectivity index (χ2v) is 4.70. The van der Waals surface area contributed by atoms with Gasteiger partial charge in [-0.2, -0.15) is 4.68 Å². The molecule has 4 rings (SSSR count). The number of nitrogens with one attached hydrogen (secondary N) is 1. The van der Waals surface area contributed by atoms with E-state index in [4.69, 9.17) is 15.6 Å². The molecule has 0 aliphatic carbocycles. The van der Waals surface area contributed by atoms with Crippen molar-refractivity contribution in [3.05, 3.63) is 45.0 Å². The molecule has 4 aromatic heterocycles. The molecule has 0 aliphatic rings. The molecular formula is C11H10N12O4. The first-order chi connectivity index (χ1) is 14.0. The van der Waals surface area contributed by atoms with Crippen LogP contribution in [-0.4, -0.2) is 61.0 Å². The van der Waals surface area contributed by atoms with E-state index in [2.05, 4.69) is 35.7 Å². The first-order valence-electron chi connectivity index (χ1n) is 8.24. The predicted molar refractivity (Wildman–Crippen MR) is 84.5 cm³/mol. The van der Waals surface area contributed by atoms with Gasteiger partial charge in [0.05, 0.1) is 0 Å². The molecule has 0 radical (unpaired) electrons. The highest BCUT2D eigenvalue weighted by atomic mass is 16.2. The predicted octanol–water partition coefficient (Wildman–Crippen LogP) is -4.17. The summed E-state index contributed by atoms with van der Waals surface area (Å²) >= 11 is 0. The molecule has 0 bridgehead atoms. The quantitative estimate of drug-likeness (QED) is 0.305. The fraction of sp³-hybridized carbons (Fsp3) is 0.0909. The van der Waals surface area contributed by atoms with Crippen molar-refractivity contribution in [3.63, 3.8) is 0 Å². The van der Waals surface area contributed by atoms with Gasteiger partial charge in [0.1, 0.15) is 12.7 Å². The normalized spacial score (nSPS) is 12.7. The third-order valence-corrected chi connectivity index (χ3v) is 3.08. The number of amides is 2. The molecule has 5 N–H and O–H groups in total. The summed E-state index contributed by atoms with van der Waals surface area (Å²) < 4.78 is 23.2. The Balaban J connectivity index is 0.000000177. The molecule has 4 heterocycles. The van der Waals surface area contributed by atoms with Crippen molar-refractivity contribution in [1.29, 1.82) is 0 Å². The van der Waals surface area contributed by atoms with E-state index in [0.717, 1.165) is 21.5 Å². The molecule has 0 fully saturated rings. The number of primary amides is 2. The van der Waals surface area contributed by atoms with Crippen LogP contribution in [-0.2, 0) is 6.98 Å². The Morgan fingerprint density at radius 2 is 1.63 bits per heavy atom. The summed E-state index contributed by atoms with van der Waals surface area (Å²) in [7, 11) is 0. The van der Waals surface area contributed by atoms with Gasteiger partial charge in [0.15, 0.2) is 22.7 Å². The van der Waals surface area contributed by atoms with Crippen LogP contribution < -0.4 is 22.8 Å². The van der Waals surface area contributed by atoms with Gasteiger partial charge in [0, 0.05) is 11.1 Å². The maximum atomic E-state index is 11.7. The van der Waals surface area contributed by atoms with Crippen LogP contribution in [0.5, 0.6) is 0 Å². The maximum Gasteiger partial charge on any atom is 0.352 e. The zero-order valence-corrected chi connectivity index (χ0v) is 13.0. The molecule has 0 spiro atoms. The lowest BCUT2D eigenvalue weighted by Crippen LogP contribution is -2.27. The van der Waals surface area contributed by atoms with Crippen molar-refractivity contribution in [2.75, 3.05) is 0 Å². The number of nitrogens with two attached hydrogens (primary N) is 2. The molecular weight excluding hydrogens is 364 g/mol. The van der Waals surface area contributed by atoms with E-state index in [1.807, 2.05) is 0 Å². The standard InChI is InChI=1S/C6H6N6O2.C5H4N6O2/c1-11-6(14)12-2-8-3(4(7)13)5(12)9-10-11;6-3(12)2-4-8-10-9-5(13)11(4)1-7-2/h2H,1H3,(H2,7,13);1H,(H2,6,12)(H,8,9,13)/i1D3;. The number of aromatic amines is 1. The van der Waals surface area contributed by atoms with Gasteiger partial charge in [-0.05, 0) is 0 Å². The van der Waals surface area contributed by atoms with E-state index in [-0.39, 0.29) is 27.4 Å². The van der Waals surface area contributed by atoms with Crippen molar-refractivity contribution in [3.8, 4) is 0 Å². The number of hydrogen-bond donors (Lipinski definition) is 3. The van der Waals surface area contributed by atoms with Crippen LogP contribution in [0.1, 0.15) is 25.1 Å². The molecule has 16 nitrogen and oxygen atoms in total. The van der Waals surface area contributed by atoms with Gasteiger partial charge < -0.3 is 11.5 Å². The largest absolute Gasteiger partial charge is 0.364 e. The van der Waals surface area contributed by atoms with Crippen molar-refractivity contribution in [2.24, 2.45) is 18.4 Å². The Labute approximate surface area is 150 Å². The van der Waals surface area contributed by atoms with Crippen LogP contribution in [0.2, 0.25) is 0 Å². The number of H-pyrrole nitrogens is 1. The number of fused-ring (bicyclic) bond motifs is 2. The van der Waals surface area contributed by atoms with Gasteiger partial charge in [0.2, 0.25) is 0 Å². The highest BCUT2D eigenvalue weighted by Crippen LogP contribution is 2.00. The van der Waals surface area contributed by atoms with Crippen molar-refractivity contribution in [2.45, 2.75) is 0 Å². The first-order valence-corrected chi connectivity index (χ1v) is 6.74. The number of aromatic nitrogens is 10. The summed E-state index contributed by atoms with van der Waals surface area (Å²) in [5.74, 6) is -1.63. The zero-order chi connectivity index (χ0) is 22.2. The first kappa shape index (κ1) is 13.8. The Morgan fingerprint density at radius 1 is 1.04 bits per heavy atom. The third kappa shape index (κ3) is 2.97. The second-order valence-electron chi connectivity index (χ2n) is 4.70. The molecule has 4 aromatic rings. The Hall–Kier alpha value is -4.50. The summed E-state index contributed by atoms with van der Waals surface area (Å²) in [5, 5.41) is 15.5. The van der Waals surface area contributed by atoms with Crippen molar-refractivity contribution >= 4 is 23.1 Å². The van der Waals surface area contributed by atoms with Crippen LogP contribution in [0.4, 0.5) is 0 Å². The number of imidazole rings is 2. The van der Waals surface area contributed by atoms with Crippen LogP contribution in [0.25, 0.3) is 11.3 Å². The van der Waals surface area contributed by atoms with Crippen molar-refractivity contribution < 1.29 is 13.7 Å². The van der Waals surface area contributed by atoms with Gasteiger partial charge >= 0.3 is 11.4 Å². The van der Waals surface area contributed by atoms with Gasteiger partial charge in [0.25, 0.3) is 11.8 Å². The number of rotatable bonds is 2. The van der Waals surface area contributed by atoms with E-state index in [9.17, 15) is 19.2 Å². The van der Waals surface area contributed by atoms with E-state index in [1.165, 1.54) is 0 Å². The zero-order valence-electron chi connectivity index (χ0n) is 16.0. The summed E-state index contributed by atoms with van der Waals surface area (Å²) in [6.07, 6.45) is 2.12. The minimum atomic E-state index is -2.75. The van der Waals surface area contributed by atoms with Gasteiger partial charge in [-0.1, -0.05) is 10.4 Å². The van der Waals surface area contributed by atoms with Crippen molar-refractivity contribution in [1.82, 2.24) is 49.2 Å². The number of carbonyl (C=O) groups is 2. The SMILES string of the molecule is NC(=O)c1ncn2c(=O)[nH]nnc12.[2H]C([2H])([2H])n1nnc2c(C(N)=O)ncn2c1=O. The highest BCUT2D eigenvalue weighted by molar-refractivity contribution is 5.97. The lowest BCUT2D eigenvalue weighted by atomic mass is 10.4. The smallest absolute Gasteiger partial charge is 0.352 e. The van der Waals surface area contributed by atoms with E-state index < -0.39 is 30.2 Å². The van der Waals surface area contributed by atoms with Crippen LogP contribution in [0, 0.1) is 0 Å². The van der Waals surface area contributed by atoms with E-state index >= 15 is 0 Å². The topological polar surface area (TPSA) is 227 Å². The minimum absolute atomic E-state index is 0.0521.